The highest BCUT2D eigenvalue weighted by molar-refractivity contribution is 6.00. The van der Waals surface area contributed by atoms with Gasteiger partial charge in [-0.25, -0.2) is 4.98 Å². The summed E-state index contributed by atoms with van der Waals surface area (Å²) in [4.78, 5) is 20.3. The lowest BCUT2D eigenvalue weighted by Crippen LogP contribution is -2.15. The van der Waals surface area contributed by atoms with Gasteiger partial charge >= 0.3 is 0 Å². The predicted octanol–water partition coefficient (Wildman–Crippen LogP) is 2.71. The van der Waals surface area contributed by atoms with E-state index in [1.807, 2.05) is 37.3 Å². The highest BCUT2D eigenvalue weighted by Gasteiger charge is 2.11. The van der Waals surface area contributed by atoms with Gasteiger partial charge in [0, 0.05) is 11.6 Å². The molecule has 3 aromatic rings. The first kappa shape index (κ1) is 12.3. The Morgan fingerprint density at radius 2 is 2.10 bits per heavy atom. The fraction of sp³-hybridized carbons (Fsp3) is 0.133. The number of para-hydroxylation sites is 1. The third-order valence-corrected chi connectivity index (χ3v) is 3.07. The summed E-state index contributed by atoms with van der Waals surface area (Å²) in [6, 6.07) is 9.50. The number of fused-ring (bicyclic) bond motifs is 1. The van der Waals surface area contributed by atoms with E-state index in [1.165, 1.54) is 6.39 Å². The second kappa shape index (κ2) is 5.13. The van der Waals surface area contributed by atoms with Crippen molar-refractivity contribution in [3.8, 4) is 0 Å². The van der Waals surface area contributed by atoms with Gasteiger partial charge in [0.15, 0.2) is 6.39 Å². The van der Waals surface area contributed by atoms with Crippen LogP contribution < -0.4 is 5.32 Å². The van der Waals surface area contributed by atoms with Crippen molar-refractivity contribution >= 4 is 22.5 Å². The number of carbonyl (C=O) groups excluding carboxylic acids is 1. The van der Waals surface area contributed by atoms with Crippen molar-refractivity contribution in [1.29, 1.82) is 0 Å². The maximum absolute atomic E-state index is 12.0. The number of nitrogens with zero attached hydrogens (tertiary/aromatic N) is 2. The van der Waals surface area contributed by atoms with Crippen molar-refractivity contribution in [2.24, 2.45) is 0 Å². The van der Waals surface area contributed by atoms with Crippen molar-refractivity contribution in [2.75, 3.05) is 5.32 Å². The van der Waals surface area contributed by atoms with Crippen molar-refractivity contribution in [2.45, 2.75) is 13.3 Å². The number of rotatable bonds is 3. The monoisotopic (exact) mass is 267 g/mol. The van der Waals surface area contributed by atoms with E-state index in [0.717, 1.165) is 16.6 Å². The minimum absolute atomic E-state index is 0.150. The molecule has 0 fully saturated rings. The van der Waals surface area contributed by atoms with Crippen molar-refractivity contribution in [3.63, 3.8) is 0 Å². The molecule has 5 heteroatoms. The molecule has 0 aliphatic heterocycles. The van der Waals surface area contributed by atoms with Gasteiger partial charge in [-0.05, 0) is 19.1 Å². The van der Waals surface area contributed by atoms with E-state index >= 15 is 0 Å². The van der Waals surface area contributed by atoms with Crippen LogP contribution in [0.1, 0.15) is 11.5 Å². The fourth-order valence-corrected chi connectivity index (χ4v) is 2.04. The zero-order valence-corrected chi connectivity index (χ0v) is 11.0. The Morgan fingerprint density at radius 1 is 1.25 bits per heavy atom. The first-order chi connectivity index (χ1) is 9.74. The molecule has 1 N–H and O–H groups in total. The first-order valence-corrected chi connectivity index (χ1v) is 6.26. The molecule has 0 saturated carbocycles. The van der Waals surface area contributed by atoms with Crippen LogP contribution in [0.25, 0.3) is 10.9 Å². The molecule has 1 aromatic carbocycles. The number of hydrogen-bond donors (Lipinski definition) is 1. The number of hydrogen-bond acceptors (Lipinski definition) is 4. The maximum atomic E-state index is 12.0. The Balaban J connectivity index is 1.83. The number of oxazole rings is 1. The summed E-state index contributed by atoms with van der Waals surface area (Å²) in [5.74, 6) is 0.429. The van der Waals surface area contributed by atoms with Crippen LogP contribution in [0.4, 0.5) is 5.69 Å². The Kier molecular flexibility index (Phi) is 3.16. The fourth-order valence-electron chi connectivity index (χ4n) is 2.04. The third-order valence-electron chi connectivity index (χ3n) is 3.07. The summed E-state index contributed by atoms with van der Waals surface area (Å²) in [5, 5.41) is 3.85. The average molecular weight is 267 g/mol. The molecule has 1 amide bonds. The molecule has 2 heterocycles. The number of anilines is 1. The number of pyridine rings is 1. The molecule has 5 nitrogen and oxygen atoms in total. The predicted molar refractivity (Wildman–Crippen MR) is 75.3 cm³/mol. The quantitative estimate of drug-likeness (QED) is 0.792. The molecular formula is C15H13N3O2. The standard InChI is InChI=1S/C15H13N3O2/c1-10-13(20-9-17-10)8-14(19)18-12-6-2-4-11-5-3-7-16-15(11)12/h2-7,9H,8H2,1H3,(H,18,19). The molecule has 0 aliphatic rings. The van der Waals surface area contributed by atoms with Crippen LogP contribution in [0.2, 0.25) is 0 Å². The first-order valence-electron chi connectivity index (χ1n) is 6.26. The molecule has 3 rings (SSSR count). The Labute approximate surface area is 115 Å². The number of nitrogens with one attached hydrogen (secondary N) is 1. The topological polar surface area (TPSA) is 68.0 Å². The molecule has 0 saturated heterocycles. The Bertz CT molecular complexity index is 759. The molecule has 0 bridgehead atoms. The molecule has 20 heavy (non-hydrogen) atoms. The molecule has 2 aromatic heterocycles. The number of aryl methyl sites for hydroxylation is 1. The van der Waals surface area contributed by atoms with Gasteiger partial charge in [-0.2, -0.15) is 0 Å². The van der Waals surface area contributed by atoms with Gasteiger partial charge in [0.25, 0.3) is 0 Å². The zero-order chi connectivity index (χ0) is 13.9. The number of benzene rings is 1. The lowest BCUT2D eigenvalue weighted by atomic mass is 10.2. The summed E-state index contributed by atoms with van der Waals surface area (Å²) >= 11 is 0. The summed E-state index contributed by atoms with van der Waals surface area (Å²) in [6.07, 6.45) is 3.21. The van der Waals surface area contributed by atoms with E-state index < -0.39 is 0 Å². The second-order valence-electron chi connectivity index (χ2n) is 4.47. The van der Waals surface area contributed by atoms with Crippen LogP contribution in [-0.2, 0) is 11.2 Å². The lowest BCUT2D eigenvalue weighted by Gasteiger charge is -2.07. The largest absolute Gasteiger partial charge is 0.448 e. The summed E-state index contributed by atoms with van der Waals surface area (Å²) < 4.78 is 5.17. The van der Waals surface area contributed by atoms with Crippen LogP contribution in [0, 0.1) is 6.92 Å². The Morgan fingerprint density at radius 3 is 2.90 bits per heavy atom. The van der Waals surface area contributed by atoms with Gasteiger partial charge in [-0.3, -0.25) is 9.78 Å². The van der Waals surface area contributed by atoms with E-state index in [9.17, 15) is 4.79 Å². The minimum atomic E-state index is -0.150. The van der Waals surface area contributed by atoms with Crippen LogP contribution in [0.5, 0.6) is 0 Å². The molecule has 0 unspecified atom stereocenters. The minimum Gasteiger partial charge on any atom is -0.448 e. The van der Waals surface area contributed by atoms with Crippen molar-refractivity contribution in [3.05, 3.63) is 54.4 Å². The van der Waals surface area contributed by atoms with Gasteiger partial charge < -0.3 is 9.73 Å². The maximum Gasteiger partial charge on any atom is 0.232 e. The highest BCUT2D eigenvalue weighted by atomic mass is 16.3. The van der Waals surface area contributed by atoms with Gasteiger partial charge in [0.1, 0.15) is 5.76 Å². The van der Waals surface area contributed by atoms with Crippen LogP contribution in [0.15, 0.2) is 47.3 Å². The lowest BCUT2D eigenvalue weighted by molar-refractivity contribution is -0.115. The molecule has 100 valence electrons. The average Bonchev–Trinajstić information content (AvgIpc) is 2.85. The van der Waals surface area contributed by atoms with E-state index in [0.29, 0.717) is 11.4 Å². The van der Waals surface area contributed by atoms with E-state index in [4.69, 9.17) is 4.42 Å². The van der Waals surface area contributed by atoms with Gasteiger partial charge in [0.2, 0.25) is 5.91 Å². The van der Waals surface area contributed by atoms with E-state index in [1.54, 1.807) is 6.20 Å². The zero-order valence-electron chi connectivity index (χ0n) is 11.0. The Hall–Kier alpha value is -2.69. The van der Waals surface area contributed by atoms with E-state index in [-0.39, 0.29) is 12.3 Å². The smallest absolute Gasteiger partial charge is 0.232 e. The number of aromatic nitrogens is 2. The number of carbonyl (C=O) groups is 1. The van der Waals surface area contributed by atoms with Gasteiger partial charge in [-0.1, -0.05) is 18.2 Å². The van der Waals surface area contributed by atoms with Crippen molar-refractivity contribution in [1.82, 2.24) is 9.97 Å². The van der Waals surface area contributed by atoms with Gasteiger partial charge in [-0.15, -0.1) is 0 Å². The number of amides is 1. The van der Waals surface area contributed by atoms with E-state index in [2.05, 4.69) is 15.3 Å². The molecule has 0 aliphatic carbocycles. The SMILES string of the molecule is Cc1ncoc1CC(=O)Nc1cccc2cccnc12. The van der Waals surface area contributed by atoms with Crippen LogP contribution in [-0.4, -0.2) is 15.9 Å². The molecular weight excluding hydrogens is 254 g/mol. The van der Waals surface area contributed by atoms with Crippen LogP contribution >= 0.6 is 0 Å². The van der Waals surface area contributed by atoms with Crippen molar-refractivity contribution < 1.29 is 9.21 Å². The van der Waals surface area contributed by atoms with Crippen LogP contribution in [0.3, 0.4) is 0 Å². The summed E-state index contributed by atoms with van der Waals surface area (Å²) in [7, 11) is 0. The summed E-state index contributed by atoms with van der Waals surface area (Å²) in [5.41, 5.74) is 2.21. The third kappa shape index (κ3) is 2.38. The normalized spacial score (nSPS) is 10.7. The second-order valence-corrected chi connectivity index (χ2v) is 4.47. The molecule has 0 spiro atoms. The van der Waals surface area contributed by atoms with Gasteiger partial charge in [0.05, 0.1) is 23.3 Å². The molecule has 0 radical (unpaired) electrons. The highest BCUT2D eigenvalue weighted by Crippen LogP contribution is 2.20. The summed E-state index contributed by atoms with van der Waals surface area (Å²) in [6.45, 7) is 1.81. The molecule has 0 atom stereocenters.